The molecule has 0 aromatic heterocycles. The fourth-order valence-corrected chi connectivity index (χ4v) is 0.464. The van der Waals surface area contributed by atoms with Crippen molar-refractivity contribution in [3.8, 4) is 11.5 Å². The molecular formula is C6H16AsN3O7Pt+4. The molecule has 0 radical (unpaired) electrons. The minimum absolute atomic E-state index is 0. The van der Waals surface area contributed by atoms with Gasteiger partial charge in [-0.2, -0.15) is 0 Å². The summed E-state index contributed by atoms with van der Waals surface area (Å²) in [7, 11) is 0. The van der Waals surface area contributed by atoms with Gasteiger partial charge < -0.3 is 27.7 Å². The van der Waals surface area contributed by atoms with Gasteiger partial charge >= 0.3 is 49.0 Å². The zero-order valence-electron chi connectivity index (χ0n) is 9.03. The van der Waals surface area contributed by atoms with Crippen LogP contribution in [0.4, 0.5) is 0 Å². The van der Waals surface area contributed by atoms with Gasteiger partial charge in [0.2, 0.25) is 0 Å². The molecule has 108 valence electrons. The van der Waals surface area contributed by atoms with Crippen molar-refractivity contribution in [1.29, 1.82) is 0 Å². The van der Waals surface area contributed by atoms with Gasteiger partial charge in [-0.25, -0.2) is 0 Å². The third-order valence-corrected chi connectivity index (χ3v) is 0.882. The Kier molecular flexibility index (Phi) is 36.3. The molecule has 0 unspecified atom stereocenters. The summed E-state index contributed by atoms with van der Waals surface area (Å²) in [4.78, 5) is 8.11. The molecule has 12 N–H and O–H groups in total. The van der Waals surface area contributed by atoms with E-state index in [2.05, 4.69) is 0 Å². The Morgan fingerprint density at radius 3 is 1.22 bits per heavy atom. The van der Waals surface area contributed by atoms with E-state index in [9.17, 15) is 0 Å². The van der Waals surface area contributed by atoms with E-state index < -0.39 is 15.7 Å². The second kappa shape index (κ2) is 21.5. The number of phenols is 2. The normalized spacial score (nSPS) is 6.67. The summed E-state index contributed by atoms with van der Waals surface area (Å²) in [5.41, 5.74) is 0. The van der Waals surface area contributed by atoms with E-state index in [-0.39, 0.29) is 44.9 Å². The standard InChI is InChI=1S/C6H6O2.AsH3O3.HNO2.2H3N.Pt/c7-5-3-1-2-4-6(5)8;2-1(3)4;2-1-3;;;/h1-4,7-8H;2-4H;(H,2,3);2*1H3;/q;;;;;+4. The van der Waals surface area contributed by atoms with Crippen LogP contribution in [0.1, 0.15) is 0 Å². The largest absolute Gasteiger partial charge is 4.00 e. The van der Waals surface area contributed by atoms with E-state index in [1.807, 2.05) is 0 Å². The van der Waals surface area contributed by atoms with Crippen LogP contribution >= 0.6 is 0 Å². The Hall–Kier alpha value is -0.733. The maximum atomic E-state index is 8.67. The number of hydrogen-bond acceptors (Lipinski definition) is 9. The van der Waals surface area contributed by atoms with Crippen LogP contribution in [0.5, 0.6) is 11.5 Å². The summed E-state index contributed by atoms with van der Waals surface area (Å²) >= 11 is -3.19. The number of aromatic hydroxyl groups is 2. The number of nitrogens with zero attached hydrogens (tertiary/aromatic N) is 1. The molecule has 0 saturated carbocycles. The van der Waals surface area contributed by atoms with Crippen molar-refractivity contribution in [1.82, 2.24) is 12.3 Å². The summed E-state index contributed by atoms with van der Waals surface area (Å²) < 4.78 is 21.9. The number of para-hydroxylation sites is 2. The van der Waals surface area contributed by atoms with Crippen molar-refractivity contribution >= 4 is 15.7 Å². The first-order valence-electron chi connectivity index (χ1n) is 3.26. The van der Waals surface area contributed by atoms with Crippen LogP contribution in [0.3, 0.4) is 0 Å². The Labute approximate surface area is 123 Å². The molecule has 1 aromatic carbocycles. The summed E-state index contributed by atoms with van der Waals surface area (Å²) in [5, 5.41) is 25.2. The molecule has 0 spiro atoms. The van der Waals surface area contributed by atoms with Crippen molar-refractivity contribution in [2.24, 2.45) is 5.34 Å². The SMILES string of the molecule is N.N.O=NO.O[As](O)O.Oc1ccccc1O.[Pt+4]. The van der Waals surface area contributed by atoms with Crippen molar-refractivity contribution in [2.75, 3.05) is 0 Å². The molecule has 1 aromatic rings. The smallest absolute Gasteiger partial charge is 0.504 e. The van der Waals surface area contributed by atoms with Crippen LogP contribution < -0.4 is 12.3 Å². The average Bonchev–Trinajstić information content (AvgIpc) is 2.10. The van der Waals surface area contributed by atoms with Crippen LogP contribution in [0.2, 0.25) is 0 Å². The molecule has 10 nitrogen and oxygen atoms in total. The quantitative estimate of drug-likeness (QED) is 0.0971. The Bertz CT molecular complexity index is 257. The predicted octanol–water partition coefficient (Wildman–Crippen LogP) is -0.491. The van der Waals surface area contributed by atoms with Crippen LogP contribution in [0, 0.1) is 4.91 Å². The molecule has 0 atom stereocenters. The van der Waals surface area contributed by atoms with E-state index in [0.29, 0.717) is 0 Å². The van der Waals surface area contributed by atoms with Crippen LogP contribution in [-0.2, 0) is 21.1 Å². The van der Waals surface area contributed by atoms with Gasteiger partial charge in [-0.05, 0) is 12.1 Å². The van der Waals surface area contributed by atoms with Gasteiger partial charge in [-0.1, -0.05) is 12.1 Å². The summed E-state index contributed by atoms with van der Waals surface area (Å²) in [6.07, 6.45) is 0. The molecule has 0 bridgehead atoms. The van der Waals surface area contributed by atoms with E-state index in [1.165, 1.54) is 17.5 Å². The summed E-state index contributed by atoms with van der Waals surface area (Å²) in [6.45, 7) is 0. The van der Waals surface area contributed by atoms with Gasteiger partial charge in [0.15, 0.2) is 16.8 Å². The van der Waals surface area contributed by atoms with E-state index in [0.717, 1.165) is 0 Å². The monoisotopic (exact) mass is 512 g/mol. The van der Waals surface area contributed by atoms with Gasteiger partial charge in [0.25, 0.3) is 0 Å². The first-order valence-corrected chi connectivity index (χ1v) is 5.77. The number of phenolic OH excluding ortho intramolecular Hbond substituents is 2. The average molecular weight is 512 g/mol. The Morgan fingerprint density at radius 2 is 1.11 bits per heavy atom. The first kappa shape index (κ1) is 30.4. The molecule has 0 aliphatic carbocycles. The van der Waals surface area contributed by atoms with Crippen LogP contribution in [0.15, 0.2) is 29.6 Å². The van der Waals surface area contributed by atoms with Gasteiger partial charge in [0, 0.05) is 0 Å². The molecule has 0 heterocycles. The zero-order chi connectivity index (χ0) is 12.3. The number of rotatable bonds is 0. The maximum absolute atomic E-state index is 8.67. The Balaban J connectivity index is -0.0000000497. The van der Waals surface area contributed by atoms with Gasteiger partial charge in [-0.3, -0.25) is 0 Å². The predicted molar refractivity (Wildman–Crippen MR) is 59.8 cm³/mol. The molecule has 0 aliphatic rings. The molecule has 1 rings (SSSR count). The molecule has 0 fully saturated rings. The minimum Gasteiger partial charge on any atom is -0.504 e. The topological polar surface area (TPSA) is 221 Å². The molecular weight excluding hydrogens is 496 g/mol. The van der Waals surface area contributed by atoms with Gasteiger partial charge in [0.05, 0.1) is 0 Å². The fraction of sp³-hybridized carbons (Fsp3) is 0. The molecule has 0 aliphatic heterocycles. The maximum Gasteiger partial charge on any atom is 4.00 e. The van der Waals surface area contributed by atoms with Gasteiger partial charge in [0.1, 0.15) is 0 Å². The van der Waals surface area contributed by atoms with Crippen LogP contribution in [0.25, 0.3) is 0 Å². The molecule has 0 saturated heterocycles. The number of benzene rings is 1. The van der Waals surface area contributed by atoms with E-state index >= 15 is 0 Å². The van der Waals surface area contributed by atoms with Crippen molar-refractivity contribution in [3.05, 3.63) is 29.2 Å². The second-order valence-corrected chi connectivity index (χ2v) is 2.96. The fourth-order valence-electron chi connectivity index (χ4n) is 0.464. The van der Waals surface area contributed by atoms with E-state index in [4.69, 9.17) is 32.6 Å². The molecule has 18 heavy (non-hydrogen) atoms. The third-order valence-electron chi connectivity index (χ3n) is 0.882. The third kappa shape index (κ3) is 29.5. The molecule has 0 amide bonds. The summed E-state index contributed by atoms with van der Waals surface area (Å²) in [5.74, 6) is -0.153. The second-order valence-electron chi connectivity index (χ2n) is 1.84. The number of hydrogen-bond donors (Lipinski definition) is 8. The van der Waals surface area contributed by atoms with Crippen LogP contribution in [-0.4, -0.2) is 43.4 Å². The van der Waals surface area contributed by atoms with Crippen molar-refractivity contribution in [2.45, 2.75) is 0 Å². The molecule has 12 heteroatoms. The van der Waals surface area contributed by atoms with E-state index in [1.54, 1.807) is 12.1 Å². The minimum atomic E-state index is -3.19. The zero-order valence-corrected chi connectivity index (χ0v) is 13.2. The first-order chi connectivity index (χ1) is 6.95. The van der Waals surface area contributed by atoms with Crippen molar-refractivity contribution < 1.29 is 48.8 Å². The van der Waals surface area contributed by atoms with Gasteiger partial charge in [-0.15, -0.1) is 4.91 Å². The van der Waals surface area contributed by atoms with Crippen molar-refractivity contribution in [3.63, 3.8) is 0 Å². The summed E-state index contributed by atoms with van der Waals surface area (Å²) in [6, 6.07) is 6.15. The Morgan fingerprint density at radius 1 is 0.944 bits per heavy atom.